The molecule has 1 aliphatic rings. The summed E-state index contributed by atoms with van der Waals surface area (Å²) in [6, 6.07) is 7.27. The second-order valence-corrected chi connectivity index (χ2v) is 6.32. The van der Waals surface area contributed by atoms with Gasteiger partial charge in [0, 0.05) is 44.4 Å². The molecule has 0 bridgehead atoms. The van der Waals surface area contributed by atoms with Crippen LogP contribution in [0.2, 0.25) is 0 Å². The Kier molecular flexibility index (Phi) is 7.02. The predicted molar refractivity (Wildman–Crippen MR) is 101 cm³/mol. The lowest BCUT2D eigenvalue weighted by atomic mass is 9.90. The molecule has 1 amide bonds. The zero-order chi connectivity index (χ0) is 17.8. The minimum Gasteiger partial charge on any atom is -0.496 e. The maximum Gasteiger partial charge on any atom is 0.225 e. The summed E-state index contributed by atoms with van der Waals surface area (Å²) in [4.78, 5) is 12.6. The zero-order valence-corrected chi connectivity index (χ0v) is 15.7. The SMILES string of the molecule is COc1ccccc1C(O)CNC(=O)[C@H]1CNC[C@@H]1c1cnn(C)c1.Cl. The summed E-state index contributed by atoms with van der Waals surface area (Å²) in [7, 11) is 3.43. The summed E-state index contributed by atoms with van der Waals surface area (Å²) in [5, 5.41) is 20.7. The van der Waals surface area contributed by atoms with E-state index in [0.717, 1.165) is 12.1 Å². The molecular formula is C18H25ClN4O3. The van der Waals surface area contributed by atoms with E-state index in [0.29, 0.717) is 17.9 Å². The van der Waals surface area contributed by atoms with E-state index >= 15 is 0 Å². The van der Waals surface area contributed by atoms with Crippen molar-refractivity contribution in [3.63, 3.8) is 0 Å². The molecule has 3 N–H and O–H groups in total. The third kappa shape index (κ3) is 4.35. The summed E-state index contributed by atoms with van der Waals surface area (Å²) >= 11 is 0. The largest absolute Gasteiger partial charge is 0.496 e. The van der Waals surface area contributed by atoms with Crippen LogP contribution in [0.1, 0.15) is 23.1 Å². The molecule has 1 aromatic carbocycles. The number of hydrogen-bond donors (Lipinski definition) is 3. The topological polar surface area (TPSA) is 88.4 Å². The molecule has 0 aliphatic carbocycles. The monoisotopic (exact) mass is 380 g/mol. The van der Waals surface area contributed by atoms with Crippen LogP contribution in [0.15, 0.2) is 36.7 Å². The van der Waals surface area contributed by atoms with Gasteiger partial charge in [0.15, 0.2) is 0 Å². The van der Waals surface area contributed by atoms with E-state index in [4.69, 9.17) is 4.74 Å². The molecule has 26 heavy (non-hydrogen) atoms. The number of aryl methyl sites for hydroxylation is 1. The molecule has 1 aliphatic heterocycles. The summed E-state index contributed by atoms with van der Waals surface area (Å²) in [5.74, 6) is 0.471. The van der Waals surface area contributed by atoms with Crippen molar-refractivity contribution < 1.29 is 14.6 Å². The van der Waals surface area contributed by atoms with Crippen LogP contribution in [0.25, 0.3) is 0 Å². The summed E-state index contributed by atoms with van der Waals surface area (Å²) in [6.07, 6.45) is 2.94. The molecule has 1 fully saturated rings. The van der Waals surface area contributed by atoms with Crippen molar-refractivity contribution in [1.82, 2.24) is 20.4 Å². The summed E-state index contributed by atoms with van der Waals surface area (Å²) < 4.78 is 7.00. The summed E-state index contributed by atoms with van der Waals surface area (Å²) in [6.45, 7) is 1.52. The van der Waals surface area contributed by atoms with Crippen molar-refractivity contribution in [3.8, 4) is 5.75 Å². The van der Waals surface area contributed by atoms with Gasteiger partial charge in [-0.15, -0.1) is 12.4 Å². The molecule has 7 nitrogen and oxygen atoms in total. The van der Waals surface area contributed by atoms with Crippen LogP contribution in [0, 0.1) is 5.92 Å². The first-order valence-corrected chi connectivity index (χ1v) is 8.38. The number of nitrogens with one attached hydrogen (secondary N) is 2. The Hall–Kier alpha value is -2.09. The van der Waals surface area contributed by atoms with E-state index in [1.165, 1.54) is 0 Å². The molecule has 8 heteroatoms. The van der Waals surface area contributed by atoms with Crippen molar-refractivity contribution in [2.24, 2.45) is 13.0 Å². The molecule has 142 valence electrons. The number of benzene rings is 1. The number of carbonyl (C=O) groups excluding carboxylic acids is 1. The first kappa shape index (κ1) is 20.2. The molecule has 3 rings (SSSR count). The van der Waals surface area contributed by atoms with Gasteiger partial charge in [-0.25, -0.2) is 0 Å². The number of aliphatic hydroxyl groups excluding tert-OH is 1. The predicted octanol–water partition coefficient (Wildman–Crippen LogP) is 1.00. The number of carbonyl (C=O) groups is 1. The maximum absolute atomic E-state index is 12.6. The van der Waals surface area contributed by atoms with Crippen LogP contribution >= 0.6 is 12.4 Å². The van der Waals surface area contributed by atoms with Gasteiger partial charge in [-0.05, 0) is 11.6 Å². The van der Waals surface area contributed by atoms with Gasteiger partial charge in [-0.2, -0.15) is 5.10 Å². The lowest BCUT2D eigenvalue weighted by Crippen LogP contribution is -2.36. The molecule has 1 aromatic heterocycles. The number of halogens is 1. The first-order valence-electron chi connectivity index (χ1n) is 8.38. The second-order valence-electron chi connectivity index (χ2n) is 6.32. The Bertz CT molecular complexity index is 737. The number of methoxy groups -OCH3 is 1. The number of hydrogen-bond acceptors (Lipinski definition) is 5. The average Bonchev–Trinajstić information content (AvgIpc) is 3.28. The Morgan fingerprint density at radius 2 is 2.23 bits per heavy atom. The number of amides is 1. The molecule has 0 spiro atoms. The lowest BCUT2D eigenvalue weighted by molar-refractivity contribution is -0.125. The molecule has 2 heterocycles. The Morgan fingerprint density at radius 1 is 1.46 bits per heavy atom. The molecule has 0 saturated carbocycles. The van der Waals surface area contributed by atoms with E-state index in [1.807, 2.05) is 31.6 Å². The number of ether oxygens (including phenoxy) is 1. The molecular weight excluding hydrogens is 356 g/mol. The van der Waals surface area contributed by atoms with Crippen molar-refractivity contribution in [2.45, 2.75) is 12.0 Å². The lowest BCUT2D eigenvalue weighted by Gasteiger charge is -2.19. The molecule has 0 radical (unpaired) electrons. The number of para-hydroxylation sites is 1. The number of rotatable bonds is 6. The van der Waals surface area contributed by atoms with Crippen molar-refractivity contribution in [2.75, 3.05) is 26.7 Å². The molecule has 1 saturated heterocycles. The van der Waals surface area contributed by atoms with Gasteiger partial charge in [0.05, 0.1) is 25.3 Å². The molecule has 1 unspecified atom stereocenters. The average molecular weight is 381 g/mol. The van der Waals surface area contributed by atoms with E-state index < -0.39 is 6.10 Å². The van der Waals surface area contributed by atoms with Crippen LogP contribution in [-0.2, 0) is 11.8 Å². The number of aliphatic hydroxyl groups is 1. The van der Waals surface area contributed by atoms with Gasteiger partial charge in [0.2, 0.25) is 5.91 Å². The van der Waals surface area contributed by atoms with Gasteiger partial charge in [-0.3, -0.25) is 9.48 Å². The smallest absolute Gasteiger partial charge is 0.225 e. The van der Waals surface area contributed by atoms with Gasteiger partial charge in [-0.1, -0.05) is 18.2 Å². The molecule has 2 aromatic rings. The minimum atomic E-state index is -0.814. The van der Waals surface area contributed by atoms with E-state index in [2.05, 4.69) is 15.7 Å². The van der Waals surface area contributed by atoms with Gasteiger partial charge in [0.1, 0.15) is 5.75 Å². The highest BCUT2D eigenvalue weighted by atomic mass is 35.5. The Labute approximate surface area is 159 Å². The number of aromatic nitrogens is 2. The van der Waals surface area contributed by atoms with E-state index in [-0.39, 0.29) is 36.7 Å². The fourth-order valence-electron chi connectivity index (χ4n) is 3.32. The van der Waals surface area contributed by atoms with Crippen molar-refractivity contribution >= 4 is 18.3 Å². The highest BCUT2D eigenvalue weighted by molar-refractivity contribution is 5.85. The number of nitrogens with zero attached hydrogens (tertiary/aromatic N) is 2. The van der Waals surface area contributed by atoms with Crippen LogP contribution in [-0.4, -0.2) is 47.5 Å². The van der Waals surface area contributed by atoms with Gasteiger partial charge >= 0.3 is 0 Å². The third-order valence-electron chi connectivity index (χ3n) is 4.67. The highest BCUT2D eigenvalue weighted by Crippen LogP contribution is 2.28. The summed E-state index contributed by atoms with van der Waals surface area (Å²) in [5.41, 5.74) is 1.72. The quantitative estimate of drug-likeness (QED) is 0.696. The molecule has 3 atom stereocenters. The van der Waals surface area contributed by atoms with E-state index in [9.17, 15) is 9.90 Å². The highest BCUT2D eigenvalue weighted by Gasteiger charge is 2.34. The third-order valence-corrected chi connectivity index (χ3v) is 4.67. The fraction of sp³-hybridized carbons (Fsp3) is 0.444. The minimum absolute atomic E-state index is 0. The van der Waals surface area contributed by atoms with Crippen LogP contribution in [0.5, 0.6) is 5.75 Å². The Morgan fingerprint density at radius 3 is 2.92 bits per heavy atom. The zero-order valence-electron chi connectivity index (χ0n) is 14.9. The van der Waals surface area contributed by atoms with Gasteiger partial charge in [0.25, 0.3) is 0 Å². The standard InChI is InChI=1S/C18H24N4O3.ClH/c1-22-11-12(7-21-22)14-8-19-9-15(14)18(24)20-10-16(23)13-5-3-4-6-17(13)25-2;/h3-7,11,14-16,19,23H,8-10H2,1-2H3,(H,20,24);1H/t14-,15+,16?;/m1./s1. The van der Waals surface area contributed by atoms with Crippen LogP contribution < -0.4 is 15.4 Å². The van der Waals surface area contributed by atoms with Gasteiger partial charge < -0.3 is 20.5 Å². The fourth-order valence-corrected chi connectivity index (χ4v) is 3.32. The normalized spacial score (nSPS) is 20.3. The van der Waals surface area contributed by atoms with Crippen LogP contribution in [0.3, 0.4) is 0 Å². The van der Waals surface area contributed by atoms with Crippen molar-refractivity contribution in [1.29, 1.82) is 0 Å². The van der Waals surface area contributed by atoms with E-state index in [1.54, 1.807) is 23.9 Å². The van der Waals surface area contributed by atoms with Crippen molar-refractivity contribution in [3.05, 3.63) is 47.8 Å². The Balaban J connectivity index is 0.00000243. The van der Waals surface area contributed by atoms with Crippen LogP contribution in [0.4, 0.5) is 0 Å². The maximum atomic E-state index is 12.6. The first-order chi connectivity index (χ1) is 12.1. The second kappa shape index (κ2) is 9.02.